The van der Waals surface area contributed by atoms with Crippen LogP contribution in [0.4, 0.5) is 0 Å². The third-order valence-electron chi connectivity index (χ3n) is 3.46. The molecule has 1 amide bonds. The topological polar surface area (TPSA) is 32.3 Å². The average molecular weight is 232 g/mol. The largest absolute Gasteiger partial charge is 0.284 e. The Balaban J connectivity index is 2.03. The Morgan fingerprint density at radius 3 is 2.35 bits per heavy atom. The van der Waals surface area contributed by atoms with Gasteiger partial charge in [-0.3, -0.25) is 10.2 Å². The van der Waals surface area contributed by atoms with Gasteiger partial charge >= 0.3 is 0 Å². The van der Waals surface area contributed by atoms with Crippen molar-refractivity contribution in [3.8, 4) is 0 Å². The quantitative estimate of drug-likeness (QED) is 0.850. The molecule has 0 unspecified atom stereocenters. The minimum atomic E-state index is -0.00815. The molecule has 1 saturated heterocycles. The maximum Gasteiger partial charge on any atom is 0.265 e. The summed E-state index contributed by atoms with van der Waals surface area (Å²) in [5.74, 6) is -0.00815. The summed E-state index contributed by atoms with van der Waals surface area (Å²) in [5.41, 5.74) is 3.75. The first kappa shape index (κ1) is 12.1. The van der Waals surface area contributed by atoms with Crippen LogP contribution in [0.3, 0.4) is 0 Å². The van der Waals surface area contributed by atoms with E-state index in [1.54, 1.807) is 0 Å². The summed E-state index contributed by atoms with van der Waals surface area (Å²) in [4.78, 5) is 12.1. The molecule has 1 aromatic rings. The third-order valence-corrected chi connectivity index (χ3v) is 3.46. The van der Waals surface area contributed by atoms with Crippen LogP contribution in [0.2, 0.25) is 0 Å². The van der Waals surface area contributed by atoms with Gasteiger partial charge in [0.15, 0.2) is 0 Å². The van der Waals surface area contributed by atoms with Crippen LogP contribution in [0, 0.1) is 0 Å². The highest BCUT2D eigenvalue weighted by atomic mass is 16.2. The van der Waals surface area contributed by atoms with E-state index in [2.05, 4.69) is 24.3 Å². The number of benzene rings is 1. The minimum absolute atomic E-state index is 0.00815. The van der Waals surface area contributed by atoms with Gasteiger partial charge < -0.3 is 0 Å². The highest BCUT2D eigenvalue weighted by Gasteiger charge is 2.26. The molecule has 0 radical (unpaired) electrons. The summed E-state index contributed by atoms with van der Waals surface area (Å²) in [6, 6.07) is 10.2. The number of amides is 1. The molecule has 0 spiro atoms. The molecule has 17 heavy (non-hydrogen) atoms. The van der Waals surface area contributed by atoms with Crippen molar-refractivity contribution >= 4 is 5.91 Å². The van der Waals surface area contributed by atoms with Crippen molar-refractivity contribution in [1.82, 2.24) is 10.4 Å². The molecular formula is C14H20N2O. The van der Waals surface area contributed by atoms with Gasteiger partial charge in [0, 0.05) is 17.6 Å². The van der Waals surface area contributed by atoms with Gasteiger partial charge in [0.2, 0.25) is 0 Å². The molecule has 3 heteroatoms. The second-order valence-electron chi connectivity index (χ2n) is 4.84. The Morgan fingerprint density at radius 2 is 1.76 bits per heavy atom. The van der Waals surface area contributed by atoms with E-state index < -0.39 is 0 Å². The number of hydrogen-bond acceptors (Lipinski definition) is 2. The van der Waals surface area contributed by atoms with Gasteiger partial charge in [-0.2, -0.15) is 0 Å². The SMILES string of the molecule is C[C@@H]1CCC[C@H](C)N1NC(=O)c1ccccc1. The molecule has 1 fully saturated rings. The minimum Gasteiger partial charge on any atom is -0.284 e. The van der Waals surface area contributed by atoms with E-state index in [1.165, 1.54) is 6.42 Å². The molecule has 1 aliphatic rings. The fourth-order valence-corrected chi connectivity index (χ4v) is 2.41. The predicted octanol–water partition coefficient (Wildman–Crippen LogP) is 2.59. The standard InChI is InChI=1S/C14H20N2O/c1-11-7-6-8-12(2)16(11)15-14(17)13-9-4-3-5-10-13/h3-5,9-12H,6-8H2,1-2H3,(H,15,17)/t11-,12+. The summed E-state index contributed by atoms with van der Waals surface area (Å²) in [6.07, 6.45) is 3.55. The molecule has 0 aliphatic carbocycles. The summed E-state index contributed by atoms with van der Waals surface area (Å²) in [5, 5.41) is 2.10. The highest BCUT2D eigenvalue weighted by molar-refractivity contribution is 5.93. The van der Waals surface area contributed by atoms with Crippen molar-refractivity contribution in [2.24, 2.45) is 0 Å². The van der Waals surface area contributed by atoms with Gasteiger partial charge in [0.1, 0.15) is 0 Å². The second kappa shape index (κ2) is 5.32. The monoisotopic (exact) mass is 232 g/mol. The number of nitrogens with zero attached hydrogens (tertiary/aromatic N) is 1. The molecule has 0 aromatic heterocycles. The van der Waals surface area contributed by atoms with Crippen molar-refractivity contribution in [3.63, 3.8) is 0 Å². The molecule has 1 aliphatic heterocycles. The first-order valence-corrected chi connectivity index (χ1v) is 6.33. The Morgan fingerprint density at radius 1 is 1.18 bits per heavy atom. The summed E-state index contributed by atoms with van der Waals surface area (Å²) in [6.45, 7) is 4.34. The van der Waals surface area contributed by atoms with Crippen molar-refractivity contribution < 1.29 is 4.79 Å². The average Bonchev–Trinajstić information content (AvgIpc) is 2.35. The Kier molecular flexibility index (Phi) is 3.79. The molecule has 2 rings (SSSR count). The van der Waals surface area contributed by atoms with E-state index in [9.17, 15) is 4.79 Å². The van der Waals surface area contributed by atoms with Crippen LogP contribution in [-0.4, -0.2) is 23.0 Å². The van der Waals surface area contributed by atoms with Crippen LogP contribution in [0.1, 0.15) is 43.5 Å². The van der Waals surface area contributed by atoms with Crippen LogP contribution < -0.4 is 5.43 Å². The lowest BCUT2D eigenvalue weighted by atomic mass is 10.00. The van der Waals surface area contributed by atoms with Crippen molar-refractivity contribution in [2.45, 2.75) is 45.2 Å². The zero-order chi connectivity index (χ0) is 12.3. The molecule has 2 atom stereocenters. The van der Waals surface area contributed by atoms with Crippen LogP contribution >= 0.6 is 0 Å². The maximum absolute atomic E-state index is 12.1. The van der Waals surface area contributed by atoms with Crippen LogP contribution in [0.25, 0.3) is 0 Å². The van der Waals surface area contributed by atoms with E-state index >= 15 is 0 Å². The summed E-state index contributed by atoms with van der Waals surface area (Å²) >= 11 is 0. The number of hydrazine groups is 1. The van der Waals surface area contributed by atoms with E-state index in [4.69, 9.17) is 0 Å². The van der Waals surface area contributed by atoms with E-state index in [0.717, 1.165) is 18.4 Å². The predicted molar refractivity (Wildman–Crippen MR) is 68.5 cm³/mol. The number of hydrogen-bond donors (Lipinski definition) is 1. The van der Waals surface area contributed by atoms with Crippen LogP contribution in [-0.2, 0) is 0 Å². The number of carbonyl (C=O) groups is 1. The zero-order valence-corrected chi connectivity index (χ0v) is 10.5. The number of rotatable bonds is 2. The Bertz CT molecular complexity index is 367. The van der Waals surface area contributed by atoms with Crippen molar-refractivity contribution in [3.05, 3.63) is 35.9 Å². The first-order valence-electron chi connectivity index (χ1n) is 6.33. The van der Waals surface area contributed by atoms with E-state index in [0.29, 0.717) is 12.1 Å². The van der Waals surface area contributed by atoms with Gasteiger partial charge in [0.25, 0.3) is 5.91 Å². The van der Waals surface area contributed by atoms with Crippen LogP contribution in [0.5, 0.6) is 0 Å². The Labute approximate surface area is 103 Å². The third kappa shape index (κ3) is 2.86. The Hall–Kier alpha value is -1.35. The van der Waals surface area contributed by atoms with Gasteiger partial charge in [-0.15, -0.1) is 0 Å². The molecule has 1 heterocycles. The molecule has 92 valence electrons. The molecule has 1 N–H and O–H groups in total. The number of piperidine rings is 1. The number of carbonyl (C=O) groups excluding carboxylic acids is 1. The van der Waals surface area contributed by atoms with Crippen LogP contribution in [0.15, 0.2) is 30.3 Å². The molecule has 0 saturated carbocycles. The fraction of sp³-hybridized carbons (Fsp3) is 0.500. The zero-order valence-electron chi connectivity index (χ0n) is 10.5. The number of nitrogens with one attached hydrogen (secondary N) is 1. The van der Waals surface area contributed by atoms with Crippen molar-refractivity contribution in [2.75, 3.05) is 0 Å². The summed E-state index contributed by atoms with van der Waals surface area (Å²) in [7, 11) is 0. The fourth-order valence-electron chi connectivity index (χ4n) is 2.41. The van der Waals surface area contributed by atoms with E-state index in [-0.39, 0.29) is 5.91 Å². The van der Waals surface area contributed by atoms with Gasteiger partial charge in [-0.1, -0.05) is 24.6 Å². The molecule has 3 nitrogen and oxygen atoms in total. The first-order chi connectivity index (χ1) is 8.18. The smallest absolute Gasteiger partial charge is 0.265 e. The lowest BCUT2D eigenvalue weighted by molar-refractivity contribution is 0.0370. The molecular weight excluding hydrogens is 212 g/mol. The second-order valence-corrected chi connectivity index (χ2v) is 4.84. The lowest BCUT2D eigenvalue weighted by Gasteiger charge is -2.38. The molecule has 1 aromatic carbocycles. The van der Waals surface area contributed by atoms with Crippen molar-refractivity contribution in [1.29, 1.82) is 0 Å². The normalized spacial score (nSPS) is 25.5. The van der Waals surface area contributed by atoms with Gasteiger partial charge in [-0.25, -0.2) is 5.01 Å². The molecule has 0 bridgehead atoms. The summed E-state index contributed by atoms with van der Waals surface area (Å²) < 4.78 is 0. The van der Waals surface area contributed by atoms with E-state index in [1.807, 2.05) is 30.3 Å². The highest BCUT2D eigenvalue weighted by Crippen LogP contribution is 2.20. The lowest BCUT2D eigenvalue weighted by Crippen LogP contribution is -2.54. The maximum atomic E-state index is 12.1. The van der Waals surface area contributed by atoms with Gasteiger partial charge in [0.05, 0.1) is 0 Å². The van der Waals surface area contributed by atoms with Gasteiger partial charge in [-0.05, 0) is 38.8 Å².